The number of aromatic nitrogens is 2. The number of nitrogens with one attached hydrogen (secondary N) is 2. The zero-order valence-corrected chi connectivity index (χ0v) is 11.2. The van der Waals surface area contributed by atoms with Gasteiger partial charge in [0.2, 0.25) is 5.91 Å². The summed E-state index contributed by atoms with van der Waals surface area (Å²) in [7, 11) is 0. The van der Waals surface area contributed by atoms with Crippen molar-refractivity contribution in [3.8, 4) is 0 Å². The molecule has 19 heavy (non-hydrogen) atoms. The van der Waals surface area contributed by atoms with Gasteiger partial charge in [-0.1, -0.05) is 6.42 Å². The summed E-state index contributed by atoms with van der Waals surface area (Å²) in [6.07, 6.45) is 12.3. The molecule has 1 aliphatic carbocycles. The van der Waals surface area contributed by atoms with Gasteiger partial charge in [-0.2, -0.15) is 0 Å². The fraction of sp³-hybridized carbons (Fsp3) is 0.714. The molecule has 2 N–H and O–H groups in total. The number of hydrogen-bond donors (Lipinski definition) is 2. The molecule has 2 unspecified atom stereocenters. The Morgan fingerprint density at radius 2 is 2.21 bits per heavy atom. The van der Waals surface area contributed by atoms with Crippen LogP contribution in [-0.2, 0) is 4.79 Å². The van der Waals surface area contributed by atoms with Crippen LogP contribution in [0.5, 0.6) is 0 Å². The van der Waals surface area contributed by atoms with Crippen LogP contribution in [0, 0.1) is 0 Å². The highest BCUT2D eigenvalue weighted by Gasteiger charge is 2.31. The van der Waals surface area contributed by atoms with Gasteiger partial charge in [0, 0.05) is 18.4 Å². The van der Waals surface area contributed by atoms with Crippen LogP contribution in [0.15, 0.2) is 18.7 Å². The quantitative estimate of drug-likeness (QED) is 0.861. The second-order valence-corrected chi connectivity index (χ2v) is 5.63. The number of imidazole rings is 1. The molecule has 1 aromatic rings. The monoisotopic (exact) mass is 262 g/mol. The average molecular weight is 262 g/mol. The van der Waals surface area contributed by atoms with Gasteiger partial charge in [0.1, 0.15) is 0 Å². The second-order valence-electron chi connectivity index (χ2n) is 5.63. The van der Waals surface area contributed by atoms with Gasteiger partial charge in [0.25, 0.3) is 0 Å². The number of piperidine rings is 1. The third-order valence-corrected chi connectivity index (χ3v) is 4.34. The molecule has 1 saturated carbocycles. The van der Waals surface area contributed by atoms with Crippen molar-refractivity contribution >= 4 is 5.91 Å². The van der Waals surface area contributed by atoms with E-state index < -0.39 is 0 Å². The molecule has 2 fully saturated rings. The molecule has 0 radical (unpaired) electrons. The lowest BCUT2D eigenvalue weighted by molar-refractivity contribution is -0.124. The molecular formula is C14H22N4O. The Labute approximate surface area is 113 Å². The Kier molecular flexibility index (Phi) is 3.82. The van der Waals surface area contributed by atoms with Crippen LogP contribution in [0.1, 0.15) is 44.6 Å². The summed E-state index contributed by atoms with van der Waals surface area (Å²) < 4.78 is 2.13. The van der Waals surface area contributed by atoms with Gasteiger partial charge in [0.15, 0.2) is 0 Å². The van der Waals surface area contributed by atoms with Crippen molar-refractivity contribution in [2.24, 2.45) is 0 Å². The fourth-order valence-corrected chi connectivity index (χ4v) is 3.29. The van der Waals surface area contributed by atoms with Crippen LogP contribution in [0.2, 0.25) is 0 Å². The van der Waals surface area contributed by atoms with Gasteiger partial charge in [-0.3, -0.25) is 4.79 Å². The molecule has 0 spiro atoms. The minimum absolute atomic E-state index is 0.0118. The summed E-state index contributed by atoms with van der Waals surface area (Å²) in [5, 5.41) is 6.55. The summed E-state index contributed by atoms with van der Waals surface area (Å²) >= 11 is 0. The lowest BCUT2D eigenvalue weighted by Gasteiger charge is -2.27. The van der Waals surface area contributed by atoms with Crippen LogP contribution in [0.4, 0.5) is 0 Å². The van der Waals surface area contributed by atoms with Crippen molar-refractivity contribution < 1.29 is 4.79 Å². The van der Waals surface area contributed by atoms with Crippen LogP contribution < -0.4 is 10.6 Å². The Morgan fingerprint density at radius 3 is 2.95 bits per heavy atom. The highest BCUT2D eigenvalue weighted by molar-refractivity contribution is 5.82. The van der Waals surface area contributed by atoms with Crippen LogP contribution in [0.25, 0.3) is 0 Å². The van der Waals surface area contributed by atoms with Crippen molar-refractivity contribution in [2.45, 2.75) is 56.7 Å². The lowest BCUT2D eigenvalue weighted by atomic mass is 10.0. The van der Waals surface area contributed by atoms with Crippen LogP contribution in [-0.4, -0.2) is 34.1 Å². The minimum Gasteiger partial charge on any atom is -0.350 e. The molecule has 1 amide bonds. The molecule has 3 atom stereocenters. The number of amides is 1. The zero-order valence-electron chi connectivity index (χ0n) is 11.2. The van der Waals surface area contributed by atoms with Crippen molar-refractivity contribution in [1.82, 2.24) is 20.2 Å². The zero-order chi connectivity index (χ0) is 13.1. The van der Waals surface area contributed by atoms with E-state index >= 15 is 0 Å². The lowest BCUT2D eigenvalue weighted by Crippen LogP contribution is -2.50. The maximum atomic E-state index is 12.3. The number of carbonyl (C=O) groups is 1. The first-order valence-corrected chi connectivity index (χ1v) is 7.36. The van der Waals surface area contributed by atoms with Crippen molar-refractivity contribution in [3.05, 3.63) is 18.7 Å². The van der Waals surface area contributed by atoms with Crippen molar-refractivity contribution in [3.63, 3.8) is 0 Å². The highest BCUT2D eigenvalue weighted by atomic mass is 16.2. The maximum Gasteiger partial charge on any atom is 0.237 e. The predicted octanol–water partition coefficient (Wildman–Crippen LogP) is 1.23. The Hall–Kier alpha value is -1.36. The molecule has 1 aliphatic heterocycles. The summed E-state index contributed by atoms with van der Waals surface area (Å²) in [6.45, 7) is 0.966. The molecule has 2 aliphatic rings. The molecule has 1 aromatic heterocycles. The summed E-state index contributed by atoms with van der Waals surface area (Å²) in [5.41, 5.74) is 0. The van der Waals surface area contributed by atoms with E-state index in [1.54, 1.807) is 6.20 Å². The molecule has 0 bridgehead atoms. The number of hydrogen-bond acceptors (Lipinski definition) is 3. The van der Waals surface area contributed by atoms with E-state index in [4.69, 9.17) is 0 Å². The molecule has 3 rings (SSSR count). The van der Waals surface area contributed by atoms with E-state index in [-0.39, 0.29) is 18.0 Å². The molecule has 1 saturated heterocycles. The van der Waals surface area contributed by atoms with E-state index in [1.165, 1.54) is 12.8 Å². The summed E-state index contributed by atoms with van der Waals surface area (Å²) in [6, 6.07) is 0.637. The van der Waals surface area contributed by atoms with Gasteiger partial charge >= 0.3 is 0 Å². The Balaban J connectivity index is 1.60. The standard InChI is InChI=1S/C14H22N4O/c19-14(12-4-1-2-7-16-12)17-11-5-3-6-13(11)18-9-8-15-10-18/h8-13,16H,1-7H2,(H,17,19)/t11?,12-,13?/m0/s1. The SMILES string of the molecule is O=C(NC1CCCC1n1ccnc1)[C@@H]1CCCCN1. The van der Waals surface area contributed by atoms with Gasteiger partial charge in [-0.15, -0.1) is 0 Å². The topological polar surface area (TPSA) is 59.0 Å². The van der Waals surface area contributed by atoms with E-state index in [0.717, 1.165) is 32.2 Å². The number of nitrogens with zero attached hydrogens (tertiary/aromatic N) is 2. The number of carbonyl (C=O) groups excluding carboxylic acids is 1. The Bertz CT molecular complexity index is 411. The van der Waals surface area contributed by atoms with Gasteiger partial charge in [-0.05, 0) is 38.6 Å². The largest absolute Gasteiger partial charge is 0.350 e. The summed E-state index contributed by atoms with van der Waals surface area (Å²) in [4.78, 5) is 16.4. The van der Waals surface area contributed by atoms with Gasteiger partial charge in [-0.25, -0.2) is 4.98 Å². The maximum absolute atomic E-state index is 12.3. The first-order chi connectivity index (χ1) is 9.34. The third kappa shape index (κ3) is 2.81. The normalized spacial score (nSPS) is 31.3. The Morgan fingerprint density at radius 1 is 1.26 bits per heavy atom. The van der Waals surface area contributed by atoms with Gasteiger partial charge < -0.3 is 15.2 Å². The molecule has 104 valence electrons. The minimum atomic E-state index is 0.0118. The third-order valence-electron chi connectivity index (χ3n) is 4.34. The molecular weight excluding hydrogens is 240 g/mol. The first-order valence-electron chi connectivity index (χ1n) is 7.36. The van der Waals surface area contributed by atoms with Crippen LogP contribution in [0.3, 0.4) is 0 Å². The second kappa shape index (κ2) is 5.74. The van der Waals surface area contributed by atoms with E-state index in [1.807, 2.05) is 12.5 Å². The smallest absolute Gasteiger partial charge is 0.237 e. The van der Waals surface area contributed by atoms with E-state index in [0.29, 0.717) is 6.04 Å². The van der Waals surface area contributed by atoms with Crippen molar-refractivity contribution in [2.75, 3.05) is 6.54 Å². The predicted molar refractivity (Wildman–Crippen MR) is 72.7 cm³/mol. The molecule has 2 heterocycles. The van der Waals surface area contributed by atoms with E-state index in [2.05, 4.69) is 20.2 Å². The van der Waals surface area contributed by atoms with Gasteiger partial charge in [0.05, 0.1) is 18.4 Å². The number of rotatable bonds is 3. The highest BCUT2D eigenvalue weighted by Crippen LogP contribution is 2.30. The first kappa shape index (κ1) is 12.7. The van der Waals surface area contributed by atoms with E-state index in [9.17, 15) is 4.79 Å². The molecule has 5 heteroatoms. The van der Waals surface area contributed by atoms with Crippen molar-refractivity contribution in [1.29, 1.82) is 0 Å². The molecule has 5 nitrogen and oxygen atoms in total. The summed E-state index contributed by atoms with van der Waals surface area (Å²) in [5.74, 6) is 0.178. The fourth-order valence-electron chi connectivity index (χ4n) is 3.29. The van der Waals surface area contributed by atoms with Crippen LogP contribution >= 0.6 is 0 Å². The average Bonchev–Trinajstić information content (AvgIpc) is 3.10. The molecule has 0 aromatic carbocycles.